The van der Waals surface area contributed by atoms with Crippen molar-refractivity contribution >= 4 is 16.6 Å². The van der Waals surface area contributed by atoms with Crippen LogP contribution in [0.5, 0.6) is 0 Å². The molecule has 256 valence electrons. The van der Waals surface area contributed by atoms with Crippen molar-refractivity contribution in [3.63, 3.8) is 0 Å². The van der Waals surface area contributed by atoms with Gasteiger partial charge in [0.1, 0.15) is 0 Å². The molecule has 0 aromatic heterocycles. The molecule has 3 rings (SSSR count). The van der Waals surface area contributed by atoms with E-state index in [0.29, 0.717) is 40.5 Å². The van der Waals surface area contributed by atoms with Gasteiger partial charge in [0.15, 0.2) is 8.32 Å². The van der Waals surface area contributed by atoms with Gasteiger partial charge in [-0.15, -0.1) is 0 Å². The summed E-state index contributed by atoms with van der Waals surface area (Å²) < 4.78 is 15.8. The Morgan fingerprint density at radius 3 is 1.77 bits per heavy atom. The first-order valence-corrected chi connectivity index (χ1v) is 24.1. The number of fused-ring (bicyclic) bond motifs is 3. The predicted octanol–water partition coefficient (Wildman–Crippen LogP) is 13.6. The van der Waals surface area contributed by atoms with Crippen LogP contribution in [0.25, 0.3) is 0 Å². The number of unbranched alkanes of at least 4 members (excludes halogenated alkanes) is 3. The summed E-state index contributed by atoms with van der Waals surface area (Å²) in [6, 6.07) is 4.08. The highest BCUT2D eigenvalue weighted by Gasteiger charge is 2.56. The third-order valence-corrected chi connectivity index (χ3v) is 23.4. The summed E-state index contributed by atoms with van der Waals surface area (Å²) in [5.74, 6) is 3.00. The van der Waals surface area contributed by atoms with Crippen molar-refractivity contribution in [2.75, 3.05) is 0 Å². The average molecular weight is 645 g/mol. The number of hydrogen-bond acceptors (Lipinski definition) is 2. The summed E-state index contributed by atoms with van der Waals surface area (Å²) in [4.78, 5) is 0. The largest absolute Gasteiger partial charge is 0.546 e. The molecular weight excluding hydrogens is 569 g/mol. The van der Waals surface area contributed by atoms with Crippen molar-refractivity contribution in [2.45, 2.75) is 201 Å². The molecule has 2 nitrogen and oxygen atoms in total. The van der Waals surface area contributed by atoms with E-state index in [1.807, 2.05) is 0 Å². The minimum absolute atomic E-state index is 0.218. The first-order chi connectivity index (χ1) is 20.7. The average Bonchev–Trinajstić information content (AvgIpc) is 2.96. The van der Waals surface area contributed by atoms with Gasteiger partial charge in [-0.2, -0.15) is 0 Å². The molecule has 0 aliphatic heterocycles. The van der Waals surface area contributed by atoms with E-state index in [1.165, 1.54) is 94.5 Å². The Morgan fingerprint density at radius 2 is 1.32 bits per heavy atom. The van der Waals surface area contributed by atoms with Gasteiger partial charge < -0.3 is 8.85 Å². The molecule has 44 heavy (non-hydrogen) atoms. The fraction of sp³-hybridized carbons (Fsp3) is 0.900. The number of allylic oxidation sites excluding steroid dienone is 3. The topological polar surface area (TPSA) is 18.5 Å². The maximum absolute atomic E-state index is 7.92. The first kappa shape index (κ1) is 38.1. The van der Waals surface area contributed by atoms with Gasteiger partial charge in [-0.3, -0.25) is 0 Å². The summed E-state index contributed by atoms with van der Waals surface area (Å²) in [7, 11) is -3.96. The zero-order valence-electron chi connectivity index (χ0n) is 31.9. The van der Waals surface area contributed by atoms with Gasteiger partial charge in [-0.05, 0) is 89.7 Å². The first-order valence-electron chi connectivity index (χ1n) is 19.5. The van der Waals surface area contributed by atoms with Crippen molar-refractivity contribution in [1.29, 1.82) is 0 Å². The van der Waals surface area contributed by atoms with Crippen LogP contribution in [0.3, 0.4) is 0 Å². The number of hydrogen-bond donors (Lipinski definition) is 0. The van der Waals surface area contributed by atoms with Crippen LogP contribution in [0.4, 0.5) is 0 Å². The Hall–Kier alpha value is -0.326. The summed E-state index contributed by atoms with van der Waals surface area (Å²) in [5, 5.41) is 0. The quantitative estimate of drug-likeness (QED) is 0.116. The molecule has 0 bridgehead atoms. The van der Waals surface area contributed by atoms with Gasteiger partial charge in [0.05, 0.1) is 11.9 Å². The molecule has 0 aromatic carbocycles. The predicted molar refractivity (Wildman–Crippen MR) is 199 cm³/mol. The van der Waals surface area contributed by atoms with Crippen LogP contribution in [0, 0.1) is 28.6 Å². The molecule has 1 saturated carbocycles. The molecular formula is C40H76O2Si2. The molecule has 5 atom stereocenters. The van der Waals surface area contributed by atoms with E-state index in [-0.39, 0.29) is 10.8 Å². The minimum Gasteiger partial charge on any atom is -0.546 e. The lowest BCUT2D eigenvalue weighted by molar-refractivity contribution is 0.00757. The van der Waals surface area contributed by atoms with Crippen molar-refractivity contribution in [1.82, 2.24) is 0 Å². The number of rotatable bonds is 17. The second-order valence-corrected chi connectivity index (χ2v) is 26.9. The minimum atomic E-state index is -2.10. The monoisotopic (exact) mass is 645 g/mol. The van der Waals surface area contributed by atoms with E-state index in [0.717, 1.165) is 0 Å². The summed E-state index contributed by atoms with van der Waals surface area (Å²) >= 11 is 0. The molecule has 0 unspecified atom stereocenters. The highest BCUT2D eigenvalue weighted by molar-refractivity contribution is 6.78. The van der Waals surface area contributed by atoms with Gasteiger partial charge in [0.2, 0.25) is 0 Å². The Balaban J connectivity index is 2.18. The van der Waals surface area contributed by atoms with E-state index in [2.05, 4.69) is 102 Å². The van der Waals surface area contributed by atoms with Crippen LogP contribution in [0.15, 0.2) is 23.5 Å². The van der Waals surface area contributed by atoms with E-state index in [1.54, 1.807) is 5.57 Å². The maximum Gasteiger partial charge on any atom is 0.258 e. The fourth-order valence-corrected chi connectivity index (χ4v) is 20.5. The zero-order chi connectivity index (χ0) is 32.9. The van der Waals surface area contributed by atoms with Gasteiger partial charge in [0, 0.05) is 11.8 Å². The third-order valence-electron chi connectivity index (χ3n) is 12.8. The van der Waals surface area contributed by atoms with Crippen molar-refractivity contribution in [3.8, 4) is 0 Å². The van der Waals surface area contributed by atoms with E-state index >= 15 is 0 Å². The second-order valence-electron chi connectivity index (χ2n) is 17.5. The Labute approximate surface area is 278 Å². The van der Waals surface area contributed by atoms with Gasteiger partial charge >= 0.3 is 0 Å². The summed E-state index contributed by atoms with van der Waals surface area (Å²) in [5.41, 5.74) is 3.94. The third kappa shape index (κ3) is 8.03. The molecule has 1 fully saturated rings. The lowest BCUT2D eigenvalue weighted by atomic mass is 9.54. The lowest BCUT2D eigenvalue weighted by Gasteiger charge is -2.56. The van der Waals surface area contributed by atoms with E-state index < -0.39 is 16.6 Å². The summed E-state index contributed by atoms with van der Waals surface area (Å²) in [6.07, 6.45) is 19.8. The molecule has 3 aliphatic carbocycles. The molecule has 0 heterocycles. The van der Waals surface area contributed by atoms with Crippen LogP contribution in [-0.4, -0.2) is 22.7 Å². The van der Waals surface area contributed by atoms with E-state index in [4.69, 9.17) is 8.85 Å². The summed E-state index contributed by atoms with van der Waals surface area (Å²) in [6.45, 7) is 31.9. The van der Waals surface area contributed by atoms with E-state index in [9.17, 15) is 0 Å². The Bertz CT molecular complexity index is 919. The van der Waals surface area contributed by atoms with Crippen LogP contribution in [-0.2, 0) is 8.85 Å². The van der Waals surface area contributed by atoms with Gasteiger partial charge in [-0.1, -0.05) is 140 Å². The Kier molecular flexibility index (Phi) is 13.6. The van der Waals surface area contributed by atoms with Crippen LogP contribution in [0.2, 0.25) is 34.8 Å². The molecule has 0 radical (unpaired) electrons. The molecule has 4 heteroatoms. The molecule has 0 spiro atoms. The molecule has 0 aromatic rings. The van der Waals surface area contributed by atoms with Crippen LogP contribution < -0.4 is 0 Å². The molecule has 0 N–H and O–H groups in total. The lowest BCUT2D eigenvalue weighted by Crippen LogP contribution is -2.54. The SMILES string of the molecule is CCCC[Si](CCCC)(CCCC)O[C@H]1CCC(C)(C)C2=CC[C@H]3C[C@@](C)(CC)C=C(O[Si](C(C)C)(C(C)C)C(C)C)[C@@H]3[C@H]21. The van der Waals surface area contributed by atoms with Crippen molar-refractivity contribution < 1.29 is 8.85 Å². The highest BCUT2D eigenvalue weighted by Crippen LogP contribution is 2.60. The smallest absolute Gasteiger partial charge is 0.258 e. The van der Waals surface area contributed by atoms with Crippen LogP contribution in [0.1, 0.15) is 161 Å². The Morgan fingerprint density at radius 1 is 0.795 bits per heavy atom. The van der Waals surface area contributed by atoms with Gasteiger partial charge in [0.25, 0.3) is 8.32 Å². The standard InChI is InChI=1S/C40H76O2Si2/c1-14-18-25-43(26-19-15-2,27-20-16-3)41-35-23-24-39(11,12)34-22-21-33-28-40(13,17-4)29-36(37(33)38(34)35)42-44(30(5)6,31(7)8)32(9)10/h22,29-33,35,37-38H,14-21,23-28H2,1-13H3/t33-,35-,37+,38+,40+/m0/s1. The highest BCUT2D eigenvalue weighted by atomic mass is 28.4. The van der Waals surface area contributed by atoms with Gasteiger partial charge in [-0.25, -0.2) is 0 Å². The zero-order valence-corrected chi connectivity index (χ0v) is 33.9. The molecule has 3 aliphatic rings. The normalized spacial score (nSPS) is 29.0. The molecule has 0 amide bonds. The van der Waals surface area contributed by atoms with Crippen LogP contribution >= 0.6 is 0 Å². The molecule has 0 saturated heterocycles. The van der Waals surface area contributed by atoms with Crippen molar-refractivity contribution in [2.24, 2.45) is 28.6 Å². The fourth-order valence-electron chi connectivity index (χ4n) is 10.2. The van der Waals surface area contributed by atoms with Crippen molar-refractivity contribution in [3.05, 3.63) is 23.5 Å². The second kappa shape index (κ2) is 15.7. The maximum atomic E-state index is 7.92.